The standard InChI is InChI=1S/C3H4IO2Si/c4-2-1-3(5)6-7/h1-2H2. The summed E-state index contributed by atoms with van der Waals surface area (Å²) in [6.45, 7) is 0. The average Bonchev–Trinajstić information content (AvgIpc) is 1.68. The van der Waals surface area contributed by atoms with Crippen LogP contribution in [0.25, 0.3) is 0 Å². The Hall–Kier alpha value is 0.417. The van der Waals surface area contributed by atoms with Crippen molar-refractivity contribution in [3.05, 3.63) is 0 Å². The van der Waals surface area contributed by atoms with Crippen molar-refractivity contribution in [1.29, 1.82) is 0 Å². The minimum Gasteiger partial charge on any atom is -0.516 e. The zero-order chi connectivity index (χ0) is 5.70. The van der Waals surface area contributed by atoms with Gasteiger partial charge in [-0.2, -0.15) is 0 Å². The van der Waals surface area contributed by atoms with Crippen LogP contribution in [-0.2, 0) is 9.22 Å². The summed E-state index contributed by atoms with van der Waals surface area (Å²) in [5, 5.41) is 0. The number of carbonyl (C=O) groups is 1. The van der Waals surface area contributed by atoms with Crippen molar-refractivity contribution in [3.63, 3.8) is 0 Å². The molecule has 0 amide bonds. The molecule has 7 heavy (non-hydrogen) atoms. The topological polar surface area (TPSA) is 26.3 Å². The third-order valence-corrected chi connectivity index (χ3v) is 1.18. The summed E-state index contributed by atoms with van der Waals surface area (Å²) < 4.78 is 4.96. The van der Waals surface area contributed by atoms with Gasteiger partial charge in [0, 0.05) is 4.43 Å². The van der Waals surface area contributed by atoms with Gasteiger partial charge in [-0.25, -0.2) is 0 Å². The molecule has 0 saturated heterocycles. The van der Waals surface area contributed by atoms with E-state index in [9.17, 15) is 4.79 Å². The van der Waals surface area contributed by atoms with E-state index in [1.807, 2.05) is 0 Å². The first kappa shape index (κ1) is 7.42. The lowest BCUT2D eigenvalue weighted by atomic mass is 10.5. The smallest absolute Gasteiger partial charge is 0.345 e. The van der Waals surface area contributed by atoms with E-state index in [1.165, 1.54) is 0 Å². The fraction of sp³-hybridized carbons (Fsp3) is 0.667. The molecule has 0 aliphatic rings. The van der Waals surface area contributed by atoms with Crippen molar-refractivity contribution in [2.45, 2.75) is 6.42 Å². The maximum Gasteiger partial charge on any atom is 0.345 e. The molecular weight excluding hydrogens is 223 g/mol. The Kier molecular flexibility index (Phi) is 4.85. The van der Waals surface area contributed by atoms with Crippen LogP contribution in [0.4, 0.5) is 0 Å². The highest BCUT2D eigenvalue weighted by atomic mass is 127. The highest BCUT2D eigenvalue weighted by Gasteiger charge is 1.93. The van der Waals surface area contributed by atoms with Crippen LogP contribution in [0.5, 0.6) is 0 Å². The second kappa shape index (κ2) is 4.57. The quantitative estimate of drug-likeness (QED) is 0.388. The van der Waals surface area contributed by atoms with E-state index in [-0.39, 0.29) is 5.97 Å². The van der Waals surface area contributed by atoms with Crippen LogP contribution in [0.2, 0.25) is 0 Å². The molecule has 0 aromatic rings. The Bertz CT molecular complexity index is 66.0. The lowest BCUT2D eigenvalue weighted by molar-refractivity contribution is -0.133. The molecule has 4 heteroatoms. The van der Waals surface area contributed by atoms with E-state index in [4.69, 9.17) is 0 Å². The first-order chi connectivity index (χ1) is 3.31. The molecule has 0 aromatic heterocycles. The van der Waals surface area contributed by atoms with Gasteiger partial charge < -0.3 is 4.43 Å². The fourth-order valence-electron chi connectivity index (χ4n) is 0.128. The van der Waals surface area contributed by atoms with E-state index in [1.54, 1.807) is 0 Å². The predicted octanol–water partition coefficient (Wildman–Crippen LogP) is 0.438. The maximum atomic E-state index is 10.1. The molecule has 0 aromatic carbocycles. The van der Waals surface area contributed by atoms with Crippen LogP contribution in [0, 0.1) is 0 Å². The average molecular weight is 227 g/mol. The summed E-state index contributed by atoms with van der Waals surface area (Å²) in [7, 11) is 2.61. The zero-order valence-corrected chi connectivity index (χ0v) is 6.77. The van der Waals surface area contributed by atoms with Gasteiger partial charge in [0.25, 0.3) is 5.97 Å². The largest absolute Gasteiger partial charge is 0.516 e. The molecule has 0 rings (SSSR count). The Morgan fingerprint density at radius 3 is 2.57 bits per heavy atom. The molecule has 0 aliphatic heterocycles. The number of carbonyl (C=O) groups excluding carboxylic acids is 1. The van der Waals surface area contributed by atoms with Crippen LogP contribution < -0.4 is 0 Å². The lowest BCUT2D eigenvalue weighted by Gasteiger charge is -1.90. The third kappa shape index (κ3) is 4.27. The molecular formula is C3H4IO2Si. The van der Waals surface area contributed by atoms with Crippen LogP contribution >= 0.6 is 22.6 Å². The van der Waals surface area contributed by atoms with E-state index >= 15 is 0 Å². The molecule has 3 radical (unpaired) electrons. The van der Waals surface area contributed by atoms with Crippen LogP contribution in [0.1, 0.15) is 6.42 Å². The number of hydrogen-bond donors (Lipinski definition) is 0. The molecule has 0 spiro atoms. The second-order valence-corrected chi connectivity index (χ2v) is 2.20. The Balaban J connectivity index is 3.00. The summed E-state index contributed by atoms with van der Waals surface area (Å²) >= 11 is 2.10. The SMILES string of the molecule is O=C(CCI)O[Si]. The molecule has 39 valence electrons. The third-order valence-electron chi connectivity index (χ3n) is 0.412. The maximum absolute atomic E-state index is 10.1. The Labute approximate surface area is 59.3 Å². The van der Waals surface area contributed by atoms with Gasteiger partial charge in [-0.05, 0) is 0 Å². The lowest BCUT2D eigenvalue weighted by Crippen LogP contribution is -2.00. The molecule has 0 fully saturated rings. The van der Waals surface area contributed by atoms with Gasteiger partial charge in [0.1, 0.15) is 0 Å². The van der Waals surface area contributed by atoms with Crippen LogP contribution in [-0.4, -0.2) is 20.9 Å². The van der Waals surface area contributed by atoms with Crippen LogP contribution in [0.15, 0.2) is 0 Å². The summed E-state index contributed by atoms with van der Waals surface area (Å²) in [5.41, 5.74) is 0. The highest BCUT2D eigenvalue weighted by Crippen LogP contribution is 1.88. The van der Waals surface area contributed by atoms with Gasteiger partial charge in [0.15, 0.2) is 0 Å². The van der Waals surface area contributed by atoms with Crippen molar-refractivity contribution in [3.8, 4) is 0 Å². The molecule has 0 saturated carbocycles. The van der Waals surface area contributed by atoms with Crippen molar-refractivity contribution in [2.75, 3.05) is 4.43 Å². The van der Waals surface area contributed by atoms with E-state index in [2.05, 4.69) is 37.5 Å². The normalized spacial score (nSPS) is 8.29. The van der Waals surface area contributed by atoms with Gasteiger partial charge in [-0.1, -0.05) is 22.6 Å². The molecule has 0 atom stereocenters. The fourth-order valence-corrected chi connectivity index (χ4v) is 0.671. The van der Waals surface area contributed by atoms with Gasteiger partial charge in [-0.3, -0.25) is 4.79 Å². The van der Waals surface area contributed by atoms with Crippen molar-refractivity contribution in [1.82, 2.24) is 0 Å². The van der Waals surface area contributed by atoms with Gasteiger partial charge in [0.2, 0.25) is 0 Å². The van der Waals surface area contributed by atoms with Crippen LogP contribution in [0.3, 0.4) is 0 Å². The highest BCUT2D eigenvalue weighted by molar-refractivity contribution is 14.1. The zero-order valence-electron chi connectivity index (χ0n) is 3.61. The number of rotatable bonds is 2. The summed E-state index contributed by atoms with van der Waals surface area (Å²) in [4.78, 5) is 10.1. The molecule has 0 unspecified atom stereocenters. The first-order valence-corrected chi connectivity index (χ1v) is 3.67. The van der Waals surface area contributed by atoms with E-state index < -0.39 is 0 Å². The molecule has 0 heterocycles. The van der Waals surface area contributed by atoms with Gasteiger partial charge >= 0.3 is 10.5 Å². The number of alkyl halides is 1. The summed E-state index contributed by atoms with van der Waals surface area (Å²) in [6, 6.07) is 0. The van der Waals surface area contributed by atoms with E-state index in [0.717, 1.165) is 4.43 Å². The number of halogens is 1. The molecule has 0 N–H and O–H groups in total. The Morgan fingerprint density at radius 1 is 1.86 bits per heavy atom. The molecule has 0 bridgehead atoms. The van der Waals surface area contributed by atoms with Gasteiger partial charge in [-0.15, -0.1) is 0 Å². The first-order valence-electron chi connectivity index (χ1n) is 1.73. The second-order valence-electron chi connectivity index (χ2n) is 0.913. The van der Waals surface area contributed by atoms with Crippen molar-refractivity contribution < 1.29 is 9.22 Å². The minimum atomic E-state index is -0.217. The molecule has 0 aliphatic carbocycles. The van der Waals surface area contributed by atoms with Gasteiger partial charge in [0.05, 0.1) is 6.42 Å². The van der Waals surface area contributed by atoms with Crippen molar-refractivity contribution >= 4 is 39.0 Å². The Morgan fingerprint density at radius 2 is 2.43 bits per heavy atom. The molecule has 2 nitrogen and oxygen atoms in total. The summed E-state index contributed by atoms with van der Waals surface area (Å²) in [5.74, 6) is -0.217. The van der Waals surface area contributed by atoms with Crippen molar-refractivity contribution in [2.24, 2.45) is 0 Å². The minimum absolute atomic E-state index is 0.217. The number of hydrogen-bond acceptors (Lipinski definition) is 2. The van der Waals surface area contributed by atoms with E-state index in [0.29, 0.717) is 6.42 Å². The summed E-state index contributed by atoms with van der Waals surface area (Å²) in [6.07, 6.45) is 0.476. The monoisotopic (exact) mass is 227 g/mol. The predicted molar refractivity (Wildman–Crippen MR) is 35.4 cm³/mol.